The van der Waals surface area contributed by atoms with Gasteiger partial charge in [-0.25, -0.2) is 4.98 Å². The Morgan fingerprint density at radius 2 is 1.62 bits per heavy atom. The zero-order valence-corrected chi connectivity index (χ0v) is 12.3. The number of nitrogens with zero attached hydrogens (tertiary/aromatic N) is 1. The lowest BCUT2D eigenvalue weighted by molar-refractivity contribution is -0.136. The Kier molecular flexibility index (Phi) is 4.07. The van der Waals surface area contributed by atoms with E-state index in [2.05, 4.69) is 15.3 Å². The number of anilines is 2. The first-order valence-corrected chi connectivity index (χ1v) is 7.03. The molecule has 0 aliphatic rings. The maximum Gasteiger partial charge on any atom is 0.418 e. The number of aromatic nitrogens is 2. The second-order valence-corrected chi connectivity index (χ2v) is 5.01. The molecule has 0 aliphatic carbocycles. The van der Waals surface area contributed by atoms with Crippen LogP contribution in [-0.4, -0.2) is 9.97 Å². The van der Waals surface area contributed by atoms with Crippen molar-refractivity contribution in [2.75, 3.05) is 5.32 Å². The molecule has 0 saturated carbocycles. The maximum atomic E-state index is 13.0. The summed E-state index contributed by atoms with van der Waals surface area (Å²) in [5, 5.41) is 2.54. The Bertz CT molecular complexity index is 905. The van der Waals surface area contributed by atoms with Crippen LogP contribution in [0, 0.1) is 0 Å². The number of nitrogens with one attached hydrogen (secondary N) is 2. The molecule has 24 heavy (non-hydrogen) atoms. The van der Waals surface area contributed by atoms with Gasteiger partial charge in [0.05, 0.1) is 16.9 Å². The number of para-hydroxylation sites is 1. The van der Waals surface area contributed by atoms with Crippen molar-refractivity contribution in [1.29, 1.82) is 0 Å². The quantitative estimate of drug-likeness (QED) is 0.756. The predicted octanol–water partition coefficient (Wildman–Crippen LogP) is 4.20. The van der Waals surface area contributed by atoms with Crippen LogP contribution in [-0.2, 0) is 6.18 Å². The lowest BCUT2D eigenvalue weighted by atomic mass is 10.1. The molecular weight excluding hydrogens is 319 g/mol. The summed E-state index contributed by atoms with van der Waals surface area (Å²) in [6.45, 7) is 0. The summed E-state index contributed by atoms with van der Waals surface area (Å²) in [5.74, 6) is -0.0574. The number of halogens is 3. The summed E-state index contributed by atoms with van der Waals surface area (Å²) in [4.78, 5) is 18.4. The highest BCUT2D eigenvalue weighted by Gasteiger charge is 2.33. The molecular formula is C17H12F3N3O. The van der Waals surface area contributed by atoms with Crippen molar-refractivity contribution in [1.82, 2.24) is 9.97 Å². The zero-order valence-electron chi connectivity index (χ0n) is 12.3. The fourth-order valence-corrected chi connectivity index (χ4v) is 2.24. The molecule has 3 aromatic rings. The number of hydrogen-bond donors (Lipinski definition) is 2. The summed E-state index contributed by atoms with van der Waals surface area (Å²) in [7, 11) is 0. The van der Waals surface area contributed by atoms with Crippen LogP contribution in [0.4, 0.5) is 24.8 Å². The van der Waals surface area contributed by atoms with E-state index in [0.717, 1.165) is 6.07 Å². The molecule has 2 aromatic carbocycles. The number of H-pyrrole nitrogens is 1. The van der Waals surface area contributed by atoms with Crippen molar-refractivity contribution in [3.05, 3.63) is 76.6 Å². The molecule has 0 radical (unpaired) electrons. The third-order valence-electron chi connectivity index (χ3n) is 3.30. The highest BCUT2D eigenvalue weighted by molar-refractivity contribution is 5.63. The normalized spacial score (nSPS) is 11.3. The largest absolute Gasteiger partial charge is 0.418 e. The molecule has 0 saturated heterocycles. The summed E-state index contributed by atoms with van der Waals surface area (Å²) in [5.41, 5.74) is -0.422. The van der Waals surface area contributed by atoms with Crippen molar-refractivity contribution in [3.63, 3.8) is 0 Å². The number of aromatic amines is 1. The van der Waals surface area contributed by atoms with Crippen LogP contribution in [0.3, 0.4) is 0 Å². The first-order chi connectivity index (χ1) is 11.4. The van der Waals surface area contributed by atoms with Crippen LogP contribution < -0.4 is 10.9 Å². The lowest BCUT2D eigenvalue weighted by Gasteiger charge is -2.14. The predicted molar refractivity (Wildman–Crippen MR) is 85.0 cm³/mol. The Balaban J connectivity index is 2.01. The molecule has 2 N–H and O–H groups in total. The van der Waals surface area contributed by atoms with Crippen molar-refractivity contribution in [3.8, 4) is 11.3 Å². The van der Waals surface area contributed by atoms with Gasteiger partial charge in [0.1, 0.15) is 0 Å². The topological polar surface area (TPSA) is 57.8 Å². The molecule has 0 spiro atoms. The summed E-state index contributed by atoms with van der Waals surface area (Å²) in [6, 6.07) is 15.2. The van der Waals surface area contributed by atoms with E-state index < -0.39 is 17.3 Å². The highest BCUT2D eigenvalue weighted by atomic mass is 19.4. The third-order valence-corrected chi connectivity index (χ3v) is 3.30. The van der Waals surface area contributed by atoms with Gasteiger partial charge in [0.15, 0.2) is 0 Å². The minimum absolute atomic E-state index is 0.0574. The molecule has 0 bridgehead atoms. The third kappa shape index (κ3) is 3.45. The van der Waals surface area contributed by atoms with Gasteiger partial charge in [0.2, 0.25) is 5.95 Å². The standard InChI is InChI=1S/C17H12F3N3O/c18-17(19,20)12-8-4-5-9-13(12)21-16-22-14(10-15(24)23-16)11-6-2-1-3-7-11/h1-10H,(H2,21,22,23,24). The summed E-state index contributed by atoms with van der Waals surface area (Å²) >= 11 is 0. The van der Waals surface area contributed by atoms with E-state index in [-0.39, 0.29) is 11.6 Å². The van der Waals surface area contributed by atoms with E-state index in [1.165, 1.54) is 24.3 Å². The molecule has 3 rings (SSSR count). The minimum atomic E-state index is -4.51. The number of alkyl halides is 3. The highest BCUT2D eigenvalue weighted by Crippen LogP contribution is 2.35. The van der Waals surface area contributed by atoms with Gasteiger partial charge in [-0.15, -0.1) is 0 Å². The number of benzene rings is 2. The molecule has 0 amide bonds. The van der Waals surface area contributed by atoms with Crippen molar-refractivity contribution in [2.24, 2.45) is 0 Å². The van der Waals surface area contributed by atoms with E-state index in [1.807, 2.05) is 6.07 Å². The van der Waals surface area contributed by atoms with Crippen LogP contribution in [0.2, 0.25) is 0 Å². The Labute approximate surface area is 135 Å². The fraction of sp³-hybridized carbons (Fsp3) is 0.0588. The van der Waals surface area contributed by atoms with Crippen LogP contribution in [0.5, 0.6) is 0 Å². The molecule has 122 valence electrons. The van der Waals surface area contributed by atoms with Crippen molar-refractivity contribution < 1.29 is 13.2 Å². The summed E-state index contributed by atoms with van der Waals surface area (Å²) < 4.78 is 39.1. The first kappa shape index (κ1) is 15.8. The molecule has 1 heterocycles. The average Bonchev–Trinajstić information content (AvgIpc) is 2.55. The van der Waals surface area contributed by atoms with Crippen LogP contribution >= 0.6 is 0 Å². The molecule has 0 fully saturated rings. The SMILES string of the molecule is O=c1cc(-c2ccccc2)nc(Nc2ccccc2C(F)(F)F)[nH]1. The minimum Gasteiger partial charge on any atom is -0.325 e. The Hall–Kier alpha value is -3.09. The van der Waals surface area contributed by atoms with Gasteiger partial charge in [-0.05, 0) is 12.1 Å². The van der Waals surface area contributed by atoms with Crippen molar-refractivity contribution in [2.45, 2.75) is 6.18 Å². The van der Waals surface area contributed by atoms with E-state index in [1.54, 1.807) is 24.3 Å². The first-order valence-electron chi connectivity index (χ1n) is 7.03. The van der Waals surface area contributed by atoms with Crippen LogP contribution in [0.15, 0.2) is 65.5 Å². The van der Waals surface area contributed by atoms with Crippen LogP contribution in [0.1, 0.15) is 5.56 Å². The van der Waals surface area contributed by atoms with Gasteiger partial charge >= 0.3 is 6.18 Å². The van der Waals surface area contributed by atoms with Gasteiger partial charge in [0.25, 0.3) is 5.56 Å². The number of rotatable bonds is 3. The Morgan fingerprint density at radius 3 is 2.33 bits per heavy atom. The van der Waals surface area contributed by atoms with E-state index in [4.69, 9.17) is 0 Å². The fourth-order valence-electron chi connectivity index (χ4n) is 2.24. The lowest BCUT2D eigenvalue weighted by Crippen LogP contribution is -2.13. The molecule has 7 heteroatoms. The van der Waals surface area contributed by atoms with E-state index >= 15 is 0 Å². The van der Waals surface area contributed by atoms with Gasteiger partial charge in [0, 0.05) is 11.6 Å². The smallest absolute Gasteiger partial charge is 0.325 e. The van der Waals surface area contributed by atoms with Crippen molar-refractivity contribution >= 4 is 11.6 Å². The molecule has 0 atom stereocenters. The van der Waals surface area contributed by atoms with E-state index in [0.29, 0.717) is 11.3 Å². The number of hydrogen-bond acceptors (Lipinski definition) is 3. The Morgan fingerprint density at radius 1 is 0.958 bits per heavy atom. The second kappa shape index (κ2) is 6.19. The van der Waals surface area contributed by atoms with Gasteiger partial charge in [-0.3, -0.25) is 9.78 Å². The van der Waals surface area contributed by atoms with Gasteiger partial charge < -0.3 is 5.32 Å². The molecule has 0 unspecified atom stereocenters. The average molecular weight is 331 g/mol. The van der Waals surface area contributed by atoms with E-state index in [9.17, 15) is 18.0 Å². The second-order valence-electron chi connectivity index (χ2n) is 5.01. The maximum absolute atomic E-state index is 13.0. The zero-order chi connectivity index (χ0) is 17.2. The molecule has 0 aliphatic heterocycles. The van der Waals surface area contributed by atoms with Gasteiger partial charge in [-0.2, -0.15) is 13.2 Å². The summed E-state index contributed by atoms with van der Waals surface area (Å²) in [6.07, 6.45) is -4.51. The monoisotopic (exact) mass is 331 g/mol. The van der Waals surface area contributed by atoms with Gasteiger partial charge in [-0.1, -0.05) is 42.5 Å². The molecule has 1 aromatic heterocycles. The molecule has 4 nitrogen and oxygen atoms in total. The van der Waals surface area contributed by atoms with Crippen LogP contribution in [0.25, 0.3) is 11.3 Å².